The molecule has 2 aromatic heterocycles. The van der Waals surface area contributed by atoms with Crippen LogP contribution in [0.1, 0.15) is 70.7 Å². The Morgan fingerprint density at radius 3 is 2.41 bits per heavy atom. The number of aryl methyl sites for hydroxylation is 2. The Kier molecular flexibility index (Phi) is 5.16. The highest BCUT2D eigenvalue weighted by Gasteiger charge is 2.43. The fourth-order valence-electron chi connectivity index (χ4n) is 4.84. The second-order valence-corrected chi connectivity index (χ2v) is 10.2. The average molecular weight is 453 g/mol. The van der Waals surface area contributed by atoms with E-state index in [-0.39, 0.29) is 22.5 Å². The van der Waals surface area contributed by atoms with Gasteiger partial charge in [0, 0.05) is 18.9 Å². The van der Waals surface area contributed by atoms with Gasteiger partial charge in [-0.3, -0.25) is 14.6 Å². The number of amides is 1. The van der Waals surface area contributed by atoms with E-state index in [1.807, 2.05) is 50.2 Å². The van der Waals surface area contributed by atoms with Gasteiger partial charge in [0.15, 0.2) is 5.43 Å². The fourth-order valence-corrected chi connectivity index (χ4v) is 4.84. The van der Waals surface area contributed by atoms with Crippen molar-refractivity contribution in [3.63, 3.8) is 0 Å². The van der Waals surface area contributed by atoms with E-state index in [0.717, 1.165) is 22.3 Å². The lowest BCUT2D eigenvalue weighted by atomic mass is 9.86. The Bertz CT molecular complexity index is 1460. The SMILES string of the molecule is Cc1cc(C)c2oc3c(c(=O)c2c1)[C@H](c1ccc(C(C)(C)C)cc1)N(Cc1cccnc1)C3=O. The molecule has 0 bridgehead atoms. The smallest absolute Gasteiger partial charge is 0.291 e. The summed E-state index contributed by atoms with van der Waals surface area (Å²) >= 11 is 0. The van der Waals surface area contributed by atoms with E-state index in [1.165, 1.54) is 5.56 Å². The first kappa shape index (κ1) is 22.1. The zero-order valence-electron chi connectivity index (χ0n) is 20.2. The standard InChI is InChI=1S/C29H28N2O3/c1-17-13-18(2)26-22(14-17)25(32)23-24(20-8-10-21(11-9-20)29(3,4)5)31(28(33)27(23)34-26)16-19-7-6-12-30-15-19/h6-15,24H,16H2,1-5H3/t24-/m0/s1. The van der Waals surface area contributed by atoms with Gasteiger partial charge in [-0.15, -0.1) is 0 Å². The molecule has 1 aliphatic rings. The van der Waals surface area contributed by atoms with Crippen molar-refractivity contribution in [1.29, 1.82) is 0 Å². The van der Waals surface area contributed by atoms with Crippen LogP contribution in [-0.4, -0.2) is 15.8 Å². The number of benzene rings is 2. The van der Waals surface area contributed by atoms with Gasteiger partial charge in [-0.2, -0.15) is 0 Å². The number of pyridine rings is 1. The van der Waals surface area contributed by atoms with Crippen LogP contribution in [-0.2, 0) is 12.0 Å². The highest BCUT2D eigenvalue weighted by Crippen LogP contribution is 2.40. The number of hydrogen-bond donors (Lipinski definition) is 0. The molecule has 0 saturated carbocycles. The summed E-state index contributed by atoms with van der Waals surface area (Å²) in [4.78, 5) is 33.4. The van der Waals surface area contributed by atoms with Crippen LogP contribution >= 0.6 is 0 Å². The first-order valence-corrected chi connectivity index (χ1v) is 11.5. The Morgan fingerprint density at radius 1 is 1.03 bits per heavy atom. The topological polar surface area (TPSA) is 63.4 Å². The molecule has 0 fully saturated rings. The van der Waals surface area contributed by atoms with Crippen molar-refractivity contribution in [3.8, 4) is 0 Å². The molecule has 0 spiro atoms. The second-order valence-electron chi connectivity index (χ2n) is 10.2. The summed E-state index contributed by atoms with van der Waals surface area (Å²) in [7, 11) is 0. The fraction of sp³-hybridized carbons (Fsp3) is 0.276. The van der Waals surface area contributed by atoms with E-state index in [2.05, 4.69) is 37.9 Å². The third-order valence-corrected chi connectivity index (χ3v) is 6.57. The van der Waals surface area contributed by atoms with Crippen LogP contribution in [0.5, 0.6) is 0 Å². The van der Waals surface area contributed by atoms with Crippen LogP contribution < -0.4 is 5.43 Å². The lowest BCUT2D eigenvalue weighted by Gasteiger charge is -2.26. The van der Waals surface area contributed by atoms with Crippen molar-refractivity contribution in [2.24, 2.45) is 0 Å². The molecule has 172 valence electrons. The molecular weight excluding hydrogens is 424 g/mol. The first-order chi connectivity index (χ1) is 16.1. The largest absolute Gasteiger partial charge is 0.450 e. The summed E-state index contributed by atoms with van der Waals surface area (Å²) in [6.45, 7) is 10.7. The van der Waals surface area contributed by atoms with Gasteiger partial charge in [0.2, 0.25) is 5.76 Å². The number of fused-ring (bicyclic) bond motifs is 2. The molecule has 3 heterocycles. The van der Waals surface area contributed by atoms with Gasteiger partial charge in [-0.25, -0.2) is 0 Å². The van der Waals surface area contributed by atoms with Crippen molar-refractivity contribution in [3.05, 3.63) is 110 Å². The number of carbonyl (C=O) groups excluding carboxylic acids is 1. The first-order valence-electron chi connectivity index (χ1n) is 11.5. The lowest BCUT2D eigenvalue weighted by molar-refractivity contribution is 0.0714. The van der Waals surface area contributed by atoms with Crippen LogP contribution in [0, 0.1) is 13.8 Å². The Hall–Kier alpha value is -3.73. The quantitative estimate of drug-likeness (QED) is 0.391. The predicted octanol–water partition coefficient (Wildman–Crippen LogP) is 5.85. The number of nitrogens with zero attached hydrogens (tertiary/aromatic N) is 2. The second kappa shape index (κ2) is 7.94. The van der Waals surface area contributed by atoms with E-state index < -0.39 is 6.04 Å². The minimum Gasteiger partial charge on any atom is -0.450 e. The summed E-state index contributed by atoms with van der Waals surface area (Å²) in [6, 6.07) is 15.3. The van der Waals surface area contributed by atoms with Crippen molar-refractivity contribution in [1.82, 2.24) is 9.88 Å². The highest BCUT2D eigenvalue weighted by molar-refractivity contribution is 5.99. The zero-order chi connectivity index (χ0) is 24.2. The maximum absolute atomic E-state index is 13.8. The molecule has 0 radical (unpaired) electrons. The maximum atomic E-state index is 13.8. The van der Waals surface area contributed by atoms with Gasteiger partial charge >= 0.3 is 0 Å². The third kappa shape index (κ3) is 3.61. The molecule has 0 aliphatic carbocycles. The summed E-state index contributed by atoms with van der Waals surface area (Å²) in [5.41, 5.74) is 5.55. The zero-order valence-corrected chi connectivity index (χ0v) is 20.2. The van der Waals surface area contributed by atoms with Gasteiger partial charge in [-0.1, -0.05) is 57.2 Å². The Labute approximate surface area is 199 Å². The molecule has 5 nitrogen and oxygen atoms in total. The molecule has 2 aromatic carbocycles. The number of aromatic nitrogens is 1. The number of hydrogen-bond acceptors (Lipinski definition) is 4. The molecule has 1 aliphatic heterocycles. The molecule has 0 N–H and O–H groups in total. The number of rotatable bonds is 3. The molecule has 4 aromatic rings. The number of carbonyl (C=O) groups is 1. The van der Waals surface area contributed by atoms with Crippen molar-refractivity contribution < 1.29 is 9.21 Å². The normalized spacial score (nSPS) is 15.7. The Morgan fingerprint density at radius 2 is 1.76 bits per heavy atom. The van der Waals surface area contributed by atoms with E-state index >= 15 is 0 Å². The highest BCUT2D eigenvalue weighted by atomic mass is 16.3. The van der Waals surface area contributed by atoms with E-state index in [9.17, 15) is 9.59 Å². The van der Waals surface area contributed by atoms with Crippen LogP contribution in [0.2, 0.25) is 0 Å². The van der Waals surface area contributed by atoms with E-state index in [0.29, 0.717) is 23.1 Å². The maximum Gasteiger partial charge on any atom is 0.291 e. The molecule has 5 rings (SSSR count). The minimum atomic E-state index is -0.529. The van der Waals surface area contributed by atoms with Crippen LogP contribution in [0.3, 0.4) is 0 Å². The summed E-state index contributed by atoms with van der Waals surface area (Å²) < 4.78 is 6.17. The molecule has 1 amide bonds. The molecule has 5 heteroatoms. The van der Waals surface area contributed by atoms with E-state index in [1.54, 1.807) is 17.3 Å². The summed E-state index contributed by atoms with van der Waals surface area (Å²) in [5, 5.41) is 0.517. The average Bonchev–Trinajstić information content (AvgIpc) is 3.07. The monoisotopic (exact) mass is 452 g/mol. The third-order valence-electron chi connectivity index (χ3n) is 6.57. The van der Waals surface area contributed by atoms with Crippen LogP contribution in [0.15, 0.2) is 70.1 Å². The van der Waals surface area contributed by atoms with Crippen molar-refractivity contribution in [2.75, 3.05) is 0 Å². The van der Waals surface area contributed by atoms with Crippen molar-refractivity contribution in [2.45, 2.75) is 52.6 Å². The molecule has 0 unspecified atom stereocenters. The van der Waals surface area contributed by atoms with Gasteiger partial charge in [0.25, 0.3) is 5.91 Å². The molecule has 1 atom stereocenters. The molecule has 0 saturated heterocycles. The summed E-state index contributed by atoms with van der Waals surface area (Å²) in [5.74, 6) is -0.138. The predicted molar refractivity (Wildman–Crippen MR) is 133 cm³/mol. The molecular formula is C29H28N2O3. The van der Waals surface area contributed by atoms with Gasteiger partial charge in [0.05, 0.1) is 17.0 Å². The van der Waals surface area contributed by atoms with Gasteiger partial charge in [0.1, 0.15) is 5.58 Å². The lowest BCUT2D eigenvalue weighted by Crippen LogP contribution is -2.29. The summed E-state index contributed by atoms with van der Waals surface area (Å²) in [6.07, 6.45) is 3.45. The minimum absolute atomic E-state index is 0.00160. The van der Waals surface area contributed by atoms with Crippen LogP contribution in [0.25, 0.3) is 11.0 Å². The van der Waals surface area contributed by atoms with Gasteiger partial charge < -0.3 is 9.32 Å². The van der Waals surface area contributed by atoms with E-state index in [4.69, 9.17) is 4.42 Å². The van der Waals surface area contributed by atoms with Crippen LogP contribution in [0.4, 0.5) is 0 Å². The molecule has 34 heavy (non-hydrogen) atoms. The Balaban J connectivity index is 1.73. The van der Waals surface area contributed by atoms with Crippen molar-refractivity contribution >= 4 is 16.9 Å². The van der Waals surface area contributed by atoms with Gasteiger partial charge in [-0.05, 0) is 59.2 Å².